The lowest BCUT2D eigenvalue weighted by molar-refractivity contribution is -0.141. The van der Waals surface area contributed by atoms with Crippen molar-refractivity contribution >= 4 is 11.8 Å². The monoisotopic (exact) mass is 434 g/mol. The Morgan fingerprint density at radius 3 is 2.59 bits per heavy atom. The molecular weight excluding hydrogens is 396 g/mol. The standard InChI is InChI=1S/C28H38N2O2/c1-26(2,18-9-6-5-7-10-18)30-25(32)20-17-28(4)22-14-16-27(3)15-8-11-21(27)19(22)12-13-23(28)29-24(20)31/h5-7,9-10,13,19-22H,8,11-12,14-17H2,1-4H3,(H,29,31)(H,30,32)/t19-,20?,21-,22+,27-,28+/m0/s1. The van der Waals surface area contributed by atoms with Gasteiger partial charge in [0.05, 0.1) is 5.54 Å². The number of amides is 2. The molecule has 6 atom stereocenters. The van der Waals surface area contributed by atoms with Crippen molar-refractivity contribution in [2.75, 3.05) is 0 Å². The van der Waals surface area contributed by atoms with Crippen LogP contribution < -0.4 is 10.6 Å². The van der Waals surface area contributed by atoms with E-state index in [0.29, 0.717) is 23.7 Å². The highest BCUT2D eigenvalue weighted by Gasteiger charge is 2.58. The largest absolute Gasteiger partial charge is 0.346 e. The molecule has 3 aliphatic carbocycles. The summed E-state index contributed by atoms with van der Waals surface area (Å²) >= 11 is 0. The number of fused-ring (bicyclic) bond motifs is 5. The number of nitrogens with one attached hydrogen (secondary N) is 2. The molecule has 5 rings (SSSR count). The highest BCUT2D eigenvalue weighted by molar-refractivity contribution is 6.02. The zero-order chi connectivity index (χ0) is 22.7. The Bertz CT molecular complexity index is 951. The van der Waals surface area contributed by atoms with Crippen molar-refractivity contribution in [1.82, 2.24) is 10.6 Å². The molecule has 2 amide bonds. The predicted octanol–water partition coefficient (Wildman–Crippen LogP) is 5.30. The third-order valence-electron chi connectivity index (χ3n) is 9.70. The molecular formula is C28H38N2O2. The third-order valence-corrected chi connectivity index (χ3v) is 9.70. The average molecular weight is 435 g/mol. The van der Waals surface area contributed by atoms with Crippen LogP contribution >= 0.6 is 0 Å². The first kappa shape index (κ1) is 21.7. The van der Waals surface area contributed by atoms with E-state index in [1.807, 2.05) is 44.2 Å². The maximum atomic E-state index is 13.4. The van der Waals surface area contributed by atoms with Gasteiger partial charge in [0.15, 0.2) is 0 Å². The Labute approximate surface area is 192 Å². The van der Waals surface area contributed by atoms with E-state index in [1.165, 1.54) is 32.1 Å². The fourth-order valence-corrected chi connectivity index (χ4v) is 7.81. The molecule has 1 saturated heterocycles. The molecule has 0 radical (unpaired) electrons. The second kappa shape index (κ2) is 7.46. The van der Waals surface area contributed by atoms with Gasteiger partial charge in [0.2, 0.25) is 11.8 Å². The summed E-state index contributed by atoms with van der Waals surface area (Å²) in [6.45, 7) is 8.84. The van der Waals surface area contributed by atoms with Crippen molar-refractivity contribution in [3.63, 3.8) is 0 Å². The van der Waals surface area contributed by atoms with E-state index in [-0.39, 0.29) is 17.2 Å². The fourth-order valence-electron chi connectivity index (χ4n) is 7.81. The Morgan fingerprint density at radius 1 is 1.09 bits per heavy atom. The minimum Gasteiger partial charge on any atom is -0.346 e. The molecule has 4 aliphatic rings. The number of piperidine rings is 1. The van der Waals surface area contributed by atoms with Crippen LogP contribution in [0.25, 0.3) is 0 Å². The smallest absolute Gasteiger partial charge is 0.236 e. The number of hydrogen-bond donors (Lipinski definition) is 2. The van der Waals surface area contributed by atoms with Crippen molar-refractivity contribution in [3.8, 4) is 0 Å². The molecule has 1 aromatic rings. The summed E-state index contributed by atoms with van der Waals surface area (Å²) in [6.07, 6.45) is 10.6. The van der Waals surface area contributed by atoms with Crippen LogP contribution in [-0.4, -0.2) is 11.8 Å². The first-order valence-electron chi connectivity index (χ1n) is 12.5. The van der Waals surface area contributed by atoms with Crippen LogP contribution in [-0.2, 0) is 15.1 Å². The van der Waals surface area contributed by atoms with Gasteiger partial charge in [-0.1, -0.05) is 56.7 Å². The van der Waals surface area contributed by atoms with Crippen LogP contribution in [0.3, 0.4) is 0 Å². The molecule has 1 heterocycles. The molecule has 0 bridgehead atoms. The molecule has 3 fully saturated rings. The summed E-state index contributed by atoms with van der Waals surface area (Å²) in [5.41, 5.74) is 1.97. The zero-order valence-corrected chi connectivity index (χ0v) is 20.0. The van der Waals surface area contributed by atoms with E-state index in [1.54, 1.807) is 0 Å². The molecule has 2 saturated carbocycles. The topological polar surface area (TPSA) is 58.2 Å². The van der Waals surface area contributed by atoms with Crippen LogP contribution in [0.15, 0.2) is 42.1 Å². The minimum absolute atomic E-state index is 0.125. The Kier molecular flexibility index (Phi) is 5.07. The first-order chi connectivity index (χ1) is 15.1. The second-order valence-electron chi connectivity index (χ2n) is 12.0. The van der Waals surface area contributed by atoms with Gasteiger partial charge in [0.1, 0.15) is 5.92 Å². The number of carbonyl (C=O) groups excluding carboxylic acids is 2. The maximum Gasteiger partial charge on any atom is 0.236 e. The van der Waals surface area contributed by atoms with E-state index < -0.39 is 11.5 Å². The molecule has 32 heavy (non-hydrogen) atoms. The van der Waals surface area contributed by atoms with Crippen LogP contribution in [0, 0.1) is 34.5 Å². The lowest BCUT2D eigenvalue weighted by atomic mass is 9.49. The van der Waals surface area contributed by atoms with Crippen molar-refractivity contribution in [2.24, 2.45) is 34.5 Å². The summed E-state index contributed by atoms with van der Waals surface area (Å²) in [7, 11) is 0. The lowest BCUT2D eigenvalue weighted by Gasteiger charge is -2.57. The van der Waals surface area contributed by atoms with Crippen LogP contribution in [0.1, 0.15) is 78.2 Å². The number of benzene rings is 1. The number of hydrogen-bond acceptors (Lipinski definition) is 2. The molecule has 1 aliphatic heterocycles. The Balaban J connectivity index is 1.38. The summed E-state index contributed by atoms with van der Waals surface area (Å²) in [5.74, 6) is 1.09. The van der Waals surface area contributed by atoms with Gasteiger partial charge in [-0.25, -0.2) is 0 Å². The first-order valence-corrected chi connectivity index (χ1v) is 12.5. The van der Waals surface area contributed by atoms with E-state index >= 15 is 0 Å². The normalized spacial score (nSPS) is 38.6. The van der Waals surface area contributed by atoms with E-state index in [9.17, 15) is 9.59 Å². The third kappa shape index (κ3) is 3.33. The van der Waals surface area contributed by atoms with Crippen LogP contribution in [0.4, 0.5) is 0 Å². The van der Waals surface area contributed by atoms with Crippen molar-refractivity contribution in [2.45, 2.75) is 78.2 Å². The van der Waals surface area contributed by atoms with E-state index in [4.69, 9.17) is 0 Å². The molecule has 0 aromatic heterocycles. The van der Waals surface area contributed by atoms with Gasteiger partial charge in [-0.3, -0.25) is 9.59 Å². The van der Waals surface area contributed by atoms with E-state index in [2.05, 4.69) is 30.6 Å². The van der Waals surface area contributed by atoms with Crippen molar-refractivity contribution in [3.05, 3.63) is 47.7 Å². The molecule has 4 heteroatoms. The van der Waals surface area contributed by atoms with Gasteiger partial charge in [0.25, 0.3) is 0 Å². The van der Waals surface area contributed by atoms with Gasteiger partial charge in [0, 0.05) is 11.1 Å². The predicted molar refractivity (Wildman–Crippen MR) is 126 cm³/mol. The average Bonchev–Trinajstić information content (AvgIpc) is 3.16. The molecule has 0 spiro atoms. The molecule has 4 nitrogen and oxygen atoms in total. The maximum absolute atomic E-state index is 13.4. The summed E-state index contributed by atoms with van der Waals surface area (Å²) in [6, 6.07) is 9.99. The summed E-state index contributed by atoms with van der Waals surface area (Å²) < 4.78 is 0. The van der Waals surface area contributed by atoms with Crippen LogP contribution in [0.5, 0.6) is 0 Å². The lowest BCUT2D eigenvalue weighted by Crippen LogP contribution is -2.58. The molecule has 172 valence electrons. The SMILES string of the molecule is CC(C)(NC(=O)C1C[C@@]2(C)C(=CC[C@@H]3[C@H]2CC[C@]2(C)CCC[C@@H]32)NC1=O)c1ccccc1. The van der Waals surface area contributed by atoms with Gasteiger partial charge >= 0.3 is 0 Å². The number of carbonyl (C=O) groups is 2. The van der Waals surface area contributed by atoms with Crippen molar-refractivity contribution in [1.29, 1.82) is 0 Å². The van der Waals surface area contributed by atoms with Gasteiger partial charge in [-0.05, 0) is 81.1 Å². The van der Waals surface area contributed by atoms with Crippen LogP contribution in [0.2, 0.25) is 0 Å². The summed E-state index contributed by atoms with van der Waals surface area (Å²) in [4.78, 5) is 26.5. The van der Waals surface area contributed by atoms with Gasteiger partial charge in [-0.2, -0.15) is 0 Å². The minimum atomic E-state index is -0.643. The van der Waals surface area contributed by atoms with Gasteiger partial charge < -0.3 is 10.6 Å². The highest BCUT2D eigenvalue weighted by atomic mass is 16.2. The summed E-state index contributed by atoms with van der Waals surface area (Å²) in [5, 5.41) is 6.36. The highest BCUT2D eigenvalue weighted by Crippen LogP contribution is 2.64. The zero-order valence-electron chi connectivity index (χ0n) is 20.0. The van der Waals surface area contributed by atoms with Gasteiger partial charge in [-0.15, -0.1) is 0 Å². The molecule has 1 unspecified atom stereocenters. The Morgan fingerprint density at radius 2 is 1.84 bits per heavy atom. The molecule has 1 aromatic carbocycles. The number of allylic oxidation sites excluding steroid dienone is 2. The quantitative estimate of drug-likeness (QED) is 0.634. The Hall–Kier alpha value is -2.10. The molecule has 2 N–H and O–H groups in total. The fraction of sp³-hybridized carbons (Fsp3) is 0.643. The number of rotatable bonds is 3. The second-order valence-corrected chi connectivity index (χ2v) is 12.0. The van der Waals surface area contributed by atoms with E-state index in [0.717, 1.165) is 23.6 Å². The van der Waals surface area contributed by atoms with Crippen molar-refractivity contribution < 1.29 is 9.59 Å².